The van der Waals surface area contributed by atoms with Crippen molar-refractivity contribution in [2.45, 2.75) is 18.7 Å². The van der Waals surface area contributed by atoms with Gasteiger partial charge in [0.25, 0.3) is 5.91 Å². The SMILES string of the molecule is Cc1noc(C)c1S(=O)(=O)N1CCN(C(=O)COc2ccc(Br)cc2C=O)CC1. The van der Waals surface area contributed by atoms with E-state index in [1.807, 2.05) is 0 Å². The van der Waals surface area contributed by atoms with Crippen LogP contribution in [0.25, 0.3) is 0 Å². The number of nitrogens with zero attached hydrogens (tertiary/aromatic N) is 3. The number of hydrogen-bond donors (Lipinski definition) is 0. The summed E-state index contributed by atoms with van der Waals surface area (Å²) in [4.78, 5) is 25.2. The zero-order valence-electron chi connectivity index (χ0n) is 15.9. The van der Waals surface area contributed by atoms with Gasteiger partial charge in [-0.1, -0.05) is 21.1 Å². The molecule has 9 nitrogen and oxygen atoms in total. The minimum atomic E-state index is -3.73. The first-order valence-corrected chi connectivity index (χ1v) is 11.1. The molecule has 1 fully saturated rings. The molecule has 11 heteroatoms. The van der Waals surface area contributed by atoms with Crippen LogP contribution in [-0.2, 0) is 14.8 Å². The van der Waals surface area contributed by atoms with E-state index < -0.39 is 10.0 Å². The van der Waals surface area contributed by atoms with Crippen LogP contribution in [0, 0.1) is 13.8 Å². The number of aldehydes is 1. The Morgan fingerprint density at radius 3 is 2.55 bits per heavy atom. The van der Waals surface area contributed by atoms with Crippen molar-refractivity contribution in [3.63, 3.8) is 0 Å². The number of halogens is 1. The summed E-state index contributed by atoms with van der Waals surface area (Å²) in [5, 5.41) is 3.70. The molecule has 0 N–H and O–H groups in total. The molecule has 2 heterocycles. The summed E-state index contributed by atoms with van der Waals surface area (Å²) in [7, 11) is -3.73. The van der Waals surface area contributed by atoms with E-state index in [-0.39, 0.29) is 49.3 Å². The summed E-state index contributed by atoms with van der Waals surface area (Å²) in [6, 6.07) is 4.92. The summed E-state index contributed by atoms with van der Waals surface area (Å²) in [5.41, 5.74) is 0.650. The number of carbonyl (C=O) groups excluding carboxylic acids is 2. The van der Waals surface area contributed by atoms with E-state index in [0.717, 1.165) is 4.47 Å². The highest BCUT2D eigenvalue weighted by Crippen LogP contribution is 2.25. The van der Waals surface area contributed by atoms with Gasteiger partial charge in [-0.25, -0.2) is 8.42 Å². The molecule has 2 aromatic rings. The molecule has 0 bridgehead atoms. The summed E-state index contributed by atoms with van der Waals surface area (Å²) < 4.78 is 38.2. The molecule has 1 aromatic heterocycles. The number of ether oxygens (including phenoxy) is 1. The van der Waals surface area contributed by atoms with Gasteiger partial charge in [-0.15, -0.1) is 0 Å². The van der Waals surface area contributed by atoms with E-state index >= 15 is 0 Å². The highest BCUT2D eigenvalue weighted by molar-refractivity contribution is 9.10. The third-order valence-electron chi connectivity index (χ3n) is 4.61. The average molecular weight is 486 g/mol. The lowest BCUT2D eigenvalue weighted by Gasteiger charge is -2.33. The van der Waals surface area contributed by atoms with E-state index in [0.29, 0.717) is 23.3 Å². The van der Waals surface area contributed by atoms with Crippen LogP contribution in [0.1, 0.15) is 21.8 Å². The predicted molar refractivity (Wildman–Crippen MR) is 106 cm³/mol. The number of hydrogen-bond acceptors (Lipinski definition) is 7. The van der Waals surface area contributed by atoms with Crippen molar-refractivity contribution in [1.82, 2.24) is 14.4 Å². The molecule has 0 radical (unpaired) electrons. The Morgan fingerprint density at radius 2 is 1.97 bits per heavy atom. The van der Waals surface area contributed by atoms with Crippen molar-refractivity contribution >= 4 is 38.1 Å². The van der Waals surface area contributed by atoms with Crippen LogP contribution in [0.3, 0.4) is 0 Å². The second-order valence-corrected chi connectivity index (χ2v) is 9.32. The van der Waals surface area contributed by atoms with Crippen molar-refractivity contribution < 1.29 is 27.3 Å². The van der Waals surface area contributed by atoms with Crippen LogP contribution in [0.15, 0.2) is 32.1 Å². The molecule has 1 aromatic carbocycles. The van der Waals surface area contributed by atoms with Crippen LogP contribution >= 0.6 is 15.9 Å². The molecular formula is C18H20BrN3O6S. The molecule has 156 valence electrons. The molecule has 3 rings (SSSR count). The number of carbonyl (C=O) groups is 2. The maximum absolute atomic E-state index is 12.8. The second kappa shape index (κ2) is 8.64. The fourth-order valence-corrected chi connectivity index (χ4v) is 5.22. The number of aryl methyl sites for hydroxylation is 2. The van der Waals surface area contributed by atoms with Gasteiger partial charge < -0.3 is 14.2 Å². The summed E-state index contributed by atoms with van der Waals surface area (Å²) in [6.45, 7) is 3.71. The lowest BCUT2D eigenvalue weighted by Crippen LogP contribution is -2.51. The Labute approximate surface area is 176 Å². The monoisotopic (exact) mass is 485 g/mol. The van der Waals surface area contributed by atoms with Gasteiger partial charge in [-0.3, -0.25) is 9.59 Å². The molecular weight excluding hydrogens is 466 g/mol. The largest absolute Gasteiger partial charge is 0.483 e. The molecule has 0 aliphatic carbocycles. The molecule has 29 heavy (non-hydrogen) atoms. The van der Waals surface area contributed by atoms with Crippen LogP contribution in [0.5, 0.6) is 5.75 Å². The Morgan fingerprint density at radius 1 is 1.28 bits per heavy atom. The van der Waals surface area contributed by atoms with Crippen molar-refractivity contribution in [1.29, 1.82) is 0 Å². The second-order valence-electron chi connectivity index (χ2n) is 6.53. The summed E-state index contributed by atoms with van der Waals surface area (Å²) >= 11 is 3.27. The maximum atomic E-state index is 12.8. The van der Waals surface area contributed by atoms with Crippen molar-refractivity contribution in [2.24, 2.45) is 0 Å². The third-order valence-corrected chi connectivity index (χ3v) is 7.24. The number of piperazine rings is 1. The van der Waals surface area contributed by atoms with Gasteiger partial charge in [-0.2, -0.15) is 4.31 Å². The normalized spacial score (nSPS) is 15.3. The van der Waals surface area contributed by atoms with Crippen molar-refractivity contribution in [3.05, 3.63) is 39.7 Å². The van der Waals surface area contributed by atoms with Crippen LogP contribution in [0.4, 0.5) is 0 Å². The van der Waals surface area contributed by atoms with E-state index in [2.05, 4.69) is 21.1 Å². The van der Waals surface area contributed by atoms with Gasteiger partial charge in [0.15, 0.2) is 18.7 Å². The first-order chi connectivity index (χ1) is 13.7. The van der Waals surface area contributed by atoms with E-state index in [4.69, 9.17) is 9.26 Å². The first kappa shape index (κ1) is 21.5. The third kappa shape index (κ3) is 4.51. The molecule has 0 atom stereocenters. The Kier molecular flexibility index (Phi) is 6.39. The number of aromatic nitrogens is 1. The van der Waals surface area contributed by atoms with E-state index in [1.54, 1.807) is 36.9 Å². The van der Waals surface area contributed by atoms with Gasteiger partial charge in [0.05, 0.1) is 5.56 Å². The van der Waals surface area contributed by atoms with Gasteiger partial charge in [-0.05, 0) is 32.0 Å². The van der Waals surface area contributed by atoms with Gasteiger partial charge >= 0.3 is 0 Å². The molecule has 0 saturated carbocycles. The average Bonchev–Trinajstić information content (AvgIpc) is 3.05. The van der Waals surface area contributed by atoms with Gasteiger partial charge in [0.2, 0.25) is 10.0 Å². The van der Waals surface area contributed by atoms with Crippen LogP contribution < -0.4 is 4.74 Å². The molecule has 1 aliphatic heterocycles. The summed E-state index contributed by atoms with van der Waals surface area (Å²) in [5.74, 6) is 0.283. The lowest BCUT2D eigenvalue weighted by molar-refractivity contribution is -0.134. The number of benzene rings is 1. The summed E-state index contributed by atoms with van der Waals surface area (Å²) in [6.07, 6.45) is 0.656. The van der Waals surface area contributed by atoms with Gasteiger partial charge in [0.1, 0.15) is 16.3 Å². The maximum Gasteiger partial charge on any atom is 0.260 e. The van der Waals surface area contributed by atoms with Gasteiger partial charge in [0, 0.05) is 30.7 Å². The standard InChI is InChI=1S/C18H20BrN3O6S/c1-12-18(13(2)28-20-12)29(25,26)22-7-5-21(6-8-22)17(24)11-27-16-4-3-15(19)9-14(16)10-23/h3-4,9-10H,5-8,11H2,1-2H3. The number of rotatable bonds is 6. The molecule has 0 unspecified atom stereocenters. The Balaban J connectivity index is 1.59. The zero-order chi connectivity index (χ0) is 21.2. The zero-order valence-corrected chi connectivity index (χ0v) is 18.3. The molecule has 0 spiro atoms. The van der Waals surface area contributed by atoms with E-state index in [9.17, 15) is 18.0 Å². The van der Waals surface area contributed by atoms with Crippen molar-refractivity contribution in [3.8, 4) is 5.75 Å². The van der Waals surface area contributed by atoms with Crippen LogP contribution in [0.2, 0.25) is 0 Å². The quantitative estimate of drug-likeness (QED) is 0.573. The minimum absolute atomic E-state index is 0.0808. The Hall–Kier alpha value is -2.24. The van der Waals surface area contributed by atoms with E-state index in [1.165, 1.54) is 4.31 Å². The lowest BCUT2D eigenvalue weighted by atomic mass is 10.2. The van der Waals surface area contributed by atoms with Crippen LogP contribution in [-0.4, -0.2) is 67.8 Å². The molecule has 1 aliphatic rings. The first-order valence-electron chi connectivity index (χ1n) is 8.82. The highest BCUT2D eigenvalue weighted by Gasteiger charge is 2.34. The minimum Gasteiger partial charge on any atom is -0.483 e. The highest BCUT2D eigenvalue weighted by atomic mass is 79.9. The smallest absolute Gasteiger partial charge is 0.260 e. The predicted octanol–water partition coefficient (Wildman–Crippen LogP) is 1.78. The Bertz CT molecular complexity index is 1010. The number of sulfonamides is 1. The molecule has 1 amide bonds. The molecule has 1 saturated heterocycles. The topological polar surface area (TPSA) is 110 Å². The number of amides is 1. The fourth-order valence-electron chi connectivity index (χ4n) is 3.12. The van der Waals surface area contributed by atoms with Crippen molar-refractivity contribution in [2.75, 3.05) is 32.8 Å². The fraction of sp³-hybridized carbons (Fsp3) is 0.389.